The Bertz CT molecular complexity index is 327. The molecule has 1 aliphatic rings. The van der Waals surface area contributed by atoms with Crippen LogP contribution in [0, 0.1) is 0 Å². The quantitative estimate of drug-likeness (QED) is 0.740. The largest absolute Gasteiger partial charge is 0.390 e. The molecule has 0 spiro atoms. The highest BCUT2D eigenvalue weighted by Gasteiger charge is 2.24. The molecule has 1 fully saturated rings. The molecule has 0 radical (unpaired) electrons. The van der Waals surface area contributed by atoms with Crippen LogP contribution < -0.4 is 4.57 Å². The van der Waals surface area contributed by atoms with Crippen molar-refractivity contribution in [2.24, 2.45) is 0 Å². The zero-order valence-electron chi connectivity index (χ0n) is 9.26. The second-order valence-electron chi connectivity index (χ2n) is 4.24. The summed E-state index contributed by atoms with van der Waals surface area (Å²) in [4.78, 5) is 2.40. The molecule has 2 heterocycles. The van der Waals surface area contributed by atoms with E-state index in [1.165, 1.54) is 24.9 Å². The van der Waals surface area contributed by atoms with Crippen LogP contribution in [0.2, 0.25) is 0 Å². The Kier molecular flexibility index (Phi) is 3.34. The number of hydrogen-bond donors (Lipinski definition) is 1. The van der Waals surface area contributed by atoms with E-state index in [1.54, 1.807) is 0 Å². The Labute approximate surface area is 91.0 Å². The highest BCUT2D eigenvalue weighted by Crippen LogP contribution is 2.29. The van der Waals surface area contributed by atoms with Crippen LogP contribution in [0.3, 0.4) is 0 Å². The number of rotatable bonds is 3. The van der Waals surface area contributed by atoms with E-state index >= 15 is 0 Å². The van der Waals surface area contributed by atoms with Gasteiger partial charge in [0.2, 0.25) is 0 Å². The second-order valence-corrected chi connectivity index (χ2v) is 4.24. The number of aliphatic hydroxyl groups is 1. The van der Waals surface area contributed by atoms with Crippen LogP contribution in [0.15, 0.2) is 24.5 Å². The van der Waals surface area contributed by atoms with Crippen molar-refractivity contribution in [3.8, 4) is 0 Å². The van der Waals surface area contributed by atoms with Crippen LogP contribution in [-0.4, -0.2) is 30.2 Å². The topological polar surface area (TPSA) is 27.4 Å². The van der Waals surface area contributed by atoms with Gasteiger partial charge >= 0.3 is 0 Å². The molecular weight excluding hydrogens is 188 g/mol. The van der Waals surface area contributed by atoms with Gasteiger partial charge < -0.3 is 5.11 Å². The molecule has 15 heavy (non-hydrogen) atoms. The van der Waals surface area contributed by atoms with Gasteiger partial charge in [-0.1, -0.05) is 0 Å². The van der Waals surface area contributed by atoms with Crippen LogP contribution in [0.1, 0.15) is 24.4 Å². The molecule has 3 heteroatoms. The maximum absolute atomic E-state index is 8.90. The maximum Gasteiger partial charge on any atom is 0.173 e. The van der Waals surface area contributed by atoms with Gasteiger partial charge in [-0.15, -0.1) is 0 Å². The average Bonchev–Trinajstić information content (AvgIpc) is 2.65. The van der Waals surface area contributed by atoms with E-state index in [1.807, 2.05) is 6.20 Å². The van der Waals surface area contributed by atoms with Crippen LogP contribution in [0.4, 0.5) is 0 Å². The Balaban J connectivity index is 2.16. The van der Waals surface area contributed by atoms with Gasteiger partial charge in [0.05, 0.1) is 0 Å². The normalized spacial score (nSPS) is 22.1. The summed E-state index contributed by atoms with van der Waals surface area (Å²) in [7, 11) is 2.18. The minimum absolute atomic E-state index is 0.203. The van der Waals surface area contributed by atoms with Gasteiger partial charge in [-0.25, -0.2) is 4.57 Å². The standard InChI is InChI=1S/C12H19N2O/c1-13-6-3-5-12(13)11-4-2-7-14(10-11)8-9-15/h2,4,7,10,12,15H,3,5-6,8-9H2,1H3/q+1/t12-/m0/s1. The van der Waals surface area contributed by atoms with Crippen molar-refractivity contribution >= 4 is 0 Å². The lowest BCUT2D eigenvalue weighted by Gasteiger charge is -2.18. The fourth-order valence-corrected chi connectivity index (χ4v) is 2.33. The third kappa shape index (κ3) is 2.36. The van der Waals surface area contributed by atoms with Crippen LogP contribution in [0.5, 0.6) is 0 Å². The SMILES string of the molecule is CN1CCC[C@H]1c1ccc[n+](CCO)c1. The van der Waals surface area contributed by atoms with Crippen LogP contribution in [0.25, 0.3) is 0 Å². The molecule has 0 amide bonds. The summed E-state index contributed by atoms with van der Waals surface area (Å²) in [5.74, 6) is 0. The molecule has 1 N–H and O–H groups in total. The predicted molar refractivity (Wildman–Crippen MR) is 58.3 cm³/mol. The fraction of sp³-hybridized carbons (Fsp3) is 0.583. The summed E-state index contributed by atoms with van der Waals surface area (Å²) in [5, 5.41) is 8.90. The van der Waals surface area contributed by atoms with Crippen molar-refractivity contribution in [3.63, 3.8) is 0 Å². The minimum Gasteiger partial charge on any atom is -0.390 e. The molecule has 0 unspecified atom stereocenters. The third-order valence-corrected chi connectivity index (χ3v) is 3.14. The van der Waals surface area contributed by atoms with Crippen LogP contribution >= 0.6 is 0 Å². The van der Waals surface area contributed by atoms with Crippen molar-refractivity contribution in [2.45, 2.75) is 25.4 Å². The van der Waals surface area contributed by atoms with Crippen molar-refractivity contribution in [2.75, 3.05) is 20.2 Å². The smallest absolute Gasteiger partial charge is 0.173 e. The molecule has 0 saturated carbocycles. The fourth-order valence-electron chi connectivity index (χ4n) is 2.33. The highest BCUT2D eigenvalue weighted by atomic mass is 16.3. The summed E-state index contributed by atoms with van der Waals surface area (Å²) in [5.41, 5.74) is 1.37. The minimum atomic E-state index is 0.203. The first-order chi connectivity index (χ1) is 7.31. The molecule has 1 aliphatic heterocycles. The van der Waals surface area contributed by atoms with Crippen molar-refractivity contribution in [1.29, 1.82) is 0 Å². The van der Waals surface area contributed by atoms with E-state index in [9.17, 15) is 0 Å². The lowest BCUT2D eigenvalue weighted by molar-refractivity contribution is -0.698. The molecule has 82 valence electrons. The molecule has 2 rings (SSSR count). The second kappa shape index (κ2) is 4.73. The van der Waals surface area contributed by atoms with Gasteiger partial charge in [-0.3, -0.25) is 4.90 Å². The summed E-state index contributed by atoms with van der Waals surface area (Å²) in [6, 6.07) is 4.81. The van der Waals surface area contributed by atoms with Gasteiger partial charge in [0, 0.05) is 17.7 Å². The number of aliphatic hydroxyl groups excluding tert-OH is 1. The number of aromatic nitrogens is 1. The zero-order valence-corrected chi connectivity index (χ0v) is 9.26. The average molecular weight is 207 g/mol. The highest BCUT2D eigenvalue weighted by molar-refractivity contribution is 5.12. The molecule has 1 atom stereocenters. The number of nitrogens with zero attached hydrogens (tertiary/aromatic N) is 2. The molecule has 1 saturated heterocycles. The summed E-state index contributed by atoms with van der Waals surface area (Å²) in [6.07, 6.45) is 6.70. The summed E-state index contributed by atoms with van der Waals surface area (Å²) in [6.45, 7) is 2.08. The molecule has 1 aromatic heterocycles. The molecule has 0 aliphatic carbocycles. The third-order valence-electron chi connectivity index (χ3n) is 3.14. The lowest BCUT2D eigenvalue weighted by Crippen LogP contribution is -2.35. The van der Waals surface area contributed by atoms with Gasteiger partial charge in [0.1, 0.15) is 6.61 Å². The molecular formula is C12H19N2O+. The van der Waals surface area contributed by atoms with E-state index in [0.717, 1.165) is 0 Å². The Morgan fingerprint density at radius 3 is 3.13 bits per heavy atom. The Morgan fingerprint density at radius 2 is 2.47 bits per heavy atom. The Hall–Kier alpha value is -0.930. The number of pyridine rings is 1. The summed E-state index contributed by atoms with van der Waals surface area (Å²) < 4.78 is 2.06. The van der Waals surface area contributed by atoms with Gasteiger partial charge in [0.25, 0.3) is 0 Å². The van der Waals surface area contributed by atoms with Crippen molar-refractivity contribution in [1.82, 2.24) is 4.90 Å². The molecule has 3 nitrogen and oxygen atoms in total. The van der Waals surface area contributed by atoms with Gasteiger partial charge in [0.15, 0.2) is 18.9 Å². The van der Waals surface area contributed by atoms with Crippen LogP contribution in [-0.2, 0) is 6.54 Å². The Morgan fingerprint density at radius 1 is 1.60 bits per heavy atom. The van der Waals surface area contributed by atoms with Gasteiger partial charge in [-0.2, -0.15) is 0 Å². The zero-order chi connectivity index (χ0) is 10.7. The first kappa shape index (κ1) is 10.6. The molecule has 0 bridgehead atoms. The predicted octanol–water partition coefficient (Wildman–Crippen LogP) is 0.733. The monoisotopic (exact) mass is 207 g/mol. The molecule has 0 aromatic carbocycles. The van der Waals surface area contributed by atoms with Gasteiger partial charge in [-0.05, 0) is 32.5 Å². The van der Waals surface area contributed by atoms with E-state index in [-0.39, 0.29) is 6.61 Å². The van der Waals surface area contributed by atoms with E-state index in [4.69, 9.17) is 5.11 Å². The van der Waals surface area contributed by atoms with E-state index in [0.29, 0.717) is 12.6 Å². The number of hydrogen-bond acceptors (Lipinski definition) is 2. The van der Waals surface area contributed by atoms with E-state index < -0.39 is 0 Å². The lowest BCUT2D eigenvalue weighted by atomic mass is 10.1. The summed E-state index contributed by atoms with van der Waals surface area (Å²) >= 11 is 0. The van der Waals surface area contributed by atoms with Crippen molar-refractivity contribution < 1.29 is 9.67 Å². The maximum atomic E-state index is 8.90. The first-order valence-corrected chi connectivity index (χ1v) is 5.61. The molecule has 1 aromatic rings. The van der Waals surface area contributed by atoms with E-state index in [2.05, 4.69) is 34.8 Å². The van der Waals surface area contributed by atoms with Crippen molar-refractivity contribution in [3.05, 3.63) is 30.1 Å². The number of likely N-dealkylation sites (tertiary alicyclic amines) is 1. The first-order valence-electron chi connectivity index (χ1n) is 5.61.